The second kappa shape index (κ2) is 5.63. The van der Waals surface area contributed by atoms with Crippen molar-refractivity contribution in [1.29, 1.82) is 0 Å². The largest absolute Gasteiger partial charge is 0.463 e. The van der Waals surface area contributed by atoms with Crippen molar-refractivity contribution in [2.24, 2.45) is 0 Å². The van der Waals surface area contributed by atoms with E-state index in [-0.39, 0.29) is 17.1 Å². The fourth-order valence-electron chi connectivity index (χ4n) is 1.23. The highest BCUT2D eigenvalue weighted by Gasteiger charge is 2.19. The van der Waals surface area contributed by atoms with E-state index in [1.165, 1.54) is 12.1 Å². The molecule has 0 fully saturated rings. The van der Waals surface area contributed by atoms with E-state index in [4.69, 9.17) is 0 Å². The van der Waals surface area contributed by atoms with Gasteiger partial charge in [0, 0.05) is 5.57 Å². The van der Waals surface area contributed by atoms with Gasteiger partial charge in [-0.25, -0.2) is 13.2 Å². The van der Waals surface area contributed by atoms with Crippen LogP contribution in [0.25, 0.3) is 0 Å². The lowest BCUT2D eigenvalue weighted by atomic mass is 10.4. The maximum absolute atomic E-state index is 11.9. The van der Waals surface area contributed by atoms with Crippen molar-refractivity contribution in [1.82, 2.24) is 0 Å². The Morgan fingerprint density at radius 3 is 2.41 bits per heavy atom. The van der Waals surface area contributed by atoms with Crippen LogP contribution < -0.4 is 0 Å². The number of ether oxygens (including phenoxy) is 1. The molecule has 0 aliphatic rings. The van der Waals surface area contributed by atoms with Crippen LogP contribution in [0.15, 0.2) is 47.4 Å². The van der Waals surface area contributed by atoms with Gasteiger partial charge in [0.2, 0.25) is 0 Å². The van der Waals surface area contributed by atoms with Gasteiger partial charge >= 0.3 is 5.97 Å². The normalized spacial score (nSPS) is 10.9. The monoisotopic (exact) mass is 254 g/mol. The Hall–Kier alpha value is -1.62. The summed E-state index contributed by atoms with van der Waals surface area (Å²) in [5.41, 5.74) is -0.0595. The average molecular weight is 254 g/mol. The number of benzene rings is 1. The summed E-state index contributed by atoms with van der Waals surface area (Å²) < 4.78 is 28.4. The minimum atomic E-state index is -3.52. The van der Waals surface area contributed by atoms with Crippen LogP contribution in [0.1, 0.15) is 6.92 Å². The highest BCUT2D eigenvalue weighted by Crippen LogP contribution is 2.13. The summed E-state index contributed by atoms with van der Waals surface area (Å²) in [6, 6.07) is 7.93. The van der Waals surface area contributed by atoms with Crippen molar-refractivity contribution >= 4 is 15.8 Å². The fourth-order valence-corrected chi connectivity index (χ4v) is 2.55. The van der Waals surface area contributed by atoms with Crippen molar-refractivity contribution in [2.75, 3.05) is 12.4 Å². The number of rotatable bonds is 5. The summed E-state index contributed by atoms with van der Waals surface area (Å²) in [5, 5.41) is 0. The second-order valence-corrected chi connectivity index (χ2v) is 5.39. The van der Waals surface area contributed by atoms with E-state index >= 15 is 0 Å². The van der Waals surface area contributed by atoms with E-state index < -0.39 is 21.6 Å². The third kappa shape index (κ3) is 3.71. The van der Waals surface area contributed by atoms with Gasteiger partial charge in [-0.1, -0.05) is 24.8 Å². The van der Waals surface area contributed by atoms with Crippen molar-refractivity contribution in [3.8, 4) is 0 Å². The van der Waals surface area contributed by atoms with Crippen molar-refractivity contribution in [2.45, 2.75) is 11.8 Å². The second-order valence-electron chi connectivity index (χ2n) is 3.40. The van der Waals surface area contributed by atoms with Gasteiger partial charge in [0.1, 0.15) is 0 Å². The molecule has 0 aliphatic heterocycles. The quantitative estimate of drug-likeness (QED) is 0.591. The molecule has 0 aromatic heterocycles. The molecular formula is C12H14O4S. The van der Waals surface area contributed by atoms with E-state index in [0.717, 1.165) is 0 Å². The summed E-state index contributed by atoms with van der Waals surface area (Å²) in [6.45, 7) is 5.28. The van der Waals surface area contributed by atoms with Crippen LogP contribution in [0.2, 0.25) is 0 Å². The molecule has 0 heterocycles. The Labute approximate surface area is 101 Å². The van der Waals surface area contributed by atoms with Gasteiger partial charge in [-0.2, -0.15) is 0 Å². The Balaban J connectivity index is 2.82. The van der Waals surface area contributed by atoms with Crippen LogP contribution in [0.5, 0.6) is 0 Å². The summed E-state index contributed by atoms with van der Waals surface area (Å²) in [4.78, 5) is 11.4. The molecule has 0 aliphatic carbocycles. The Morgan fingerprint density at radius 2 is 1.88 bits per heavy atom. The molecular weight excluding hydrogens is 240 g/mol. The molecule has 1 aromatic carbocycles. The van der Waals surface area contributed by atoms with E-state index in [0.29, 0.717) is 0 Å². The third-order valence-electron chi connectivity index (χ3n) is 2.03. The fraction of sp³-hybridized carbons (Fsp3) is 0.250. The summed E-state index contributed by atoms with van der Waals surface area (Å²) in [7, 11) is -3.52. The maximum atomic E-state index is 11.9. The molecule has 17 heavy (non-hydrogen) atoms. The molecule has 0 N–H and O–H groups in total. The Morgan fingerprint density at radius 1 is 1.29 bits per heavy atom. The summed E-state index contributed by atoms with van der Waals surface area (Å²) >= 11 is 0. The molecule has 0 unspecified atom stereocenters. The van der Waals surface area contributed by atoms with Crippen LogP contribution in [0, 0.1) is 0 Å². The van der Waals surface area contributed by atoms with Crippen LogP contribution in [0.3, 0.4) is 0 Å². The van der Waals surface area contributed by atoms with Gasteiger partial charge in [0.25, 0.3) is 0 Å². The van der Waals surface area contributed by atoms with Crippen LogP contribution in [-0.2, 0) is 19.4 Å². The highest BCUT2D eigenvalue weighted by atomic mass is 32.2. The van der Waals surface area contributed by atoms with Gasteiger partial charge in [0.15, 0.2) is 9.84 Å². The molecule has 1 rings (SSSR count). The lowest BCUT2D eigenvalue weighted by Gasteiger charge is -2.06. The van der Waals surface area contributed by atoms with Crippen molar-refractivity contribution < 1.29 is 17.9 Å². The number of hydrogen-bond donors (Lipinski definition) is 0. The Kier molecular flexibility index (Phi) is 4.45. The smallest absolute Gasteiger partial charge is 0.334 e. The highest BCUT2D eigenvalue weighted by molar-refractivity contribution is 7.91. The van der Waals surface area contributed by atoms with E-state index in [1.807, 2.05) is 0 Å². The van der Waals surface area contributed by atoms with Gasteiger partial charge in [-0.3, -0.25) is 0 Å². The van der Waals surface area contributed by atoms with Gasteiger partial charge in [-0.15, -0.1) is 0 Å². The molecule has 0 saturated heterocycles. The molecule has 92 valence electrons. The maximum Gasteiger partial charge on any atom is 0.334 e. The first-order valence-corrected chi connectivity index (χ1v) is 6.75. The van der Waals surface area contributed by atoms with Gasteiger partial charge in [0.05, 0.1) is 17.3 Å². The predicted molar refractivity (Wildman–Crippen MR) is 64.3 cm³/mol. The van der Waals surface area contributed by atoms with Crippen LogP contribution >= 0.6 is 0 Å². The van der Waals surface area contributed by atoms with Gasteiger partial charge < -0.3 is 4.74 Å². The van der Waals surface area contributed by atoms with Crippen LogP contribution in [0.4, 0.5) is 0 Å². The minimum Gasteiger partial charge on any atom is -0.463 e. The molecule has 0 radical (unpaired) electrons. The molecule has 4 nitrogen and oxygen atoms in total. The first-order chi connectivity index (χ1) is 7.97. The van der Waals surface area contributed by atoms with Crippen molar-refractivity contribution in [3.63, 3.8) is 0 Å². The molecule has 0 atom stereocenters. The van der Waals surface area contributed by atoms with E-state index in [1.54, 1.807) is 25.1 Å². The number of hydrogen-bond acceptors (Lipinski definition) is 4. The summed E-state index contributed by atoms with van der Waals surface area (Å²) in [5.74, 6) is -1.09. The first kappa shape index (κ1) is 13.4. The summed E-state index contributed by atoms with van der Waals surface area (Å²) in [6.07, 6.45) is 0. The first-order valence-electron chi connectivity index (χ1n) is 5.10. The topological polar surface area (TPSA) is 60.4 Å². The number of carbonyl (C=O) groups excluding carboxylic acids is 1. The minimum absolute atomic E-state index is 0.0595. The number of carbonyl (C=O) groups is 1. The Bertz CT molecular complexity index is 503. The third-order valence-corrected chi connectivity index (χ3v) is 3.75. The molecule has 0 saturated carbocycles. The zero-order chi connectivity index (χ0) is 12.9. The molecule has 0 spiro atoms. The standard InChI is InChI=1S/C12H14O4S/c1-3-16-12(13)10(2)9-17(14,15)11-7-5-4-6-8-11/h4-8H,2-3,9H2,1H3. The van der Waals surface area contributed by atoms with E-state index in [2.05, 4.69) is 11.3 Å². The lowest BCUT2D eigenvalue weighted by Crippen LogP contribution is -2.16. The molecule has 1 aromatic rings. The average Bonchev–Trinajstić information content (AvgIpc) is 2.30. The number of esters is 1. The zero-order valence-electron chi connectivity index (χ0n) is 9.55. The van der Waals surface area contributed by atoms with Gasteiger partial charge in [-0.05, 0) is 19.1 Å². The van der Waals surface area contributed by atoms with E-state index in [9.17, 15) is 13.2 Å². The lowest BCUT2D eigenvalue weighted by molar-refractivity contribution is -0.138. The predicted octanol–water partition coefficient (Wildman–Crippen LogP) is 1.58. The SMILES string of the molecule is C=C(CS(=O)(=O)c1ccccc1)C(=O)OCC. The molecule has 0 amide bonds. The molecule has 0 bridgehead atoms. The van der Waals surface area contributed by atoms with Crippen LogP contribution in [-0.4, -0.2) is 26.7 Å². The number of sulfone groups is 1. The zero-order valence-corrected chi connectivity index (χ0v) is 10.4. The molecule has 5 heteroatoms. The van der Waals surface area contributed by atoms with Crippen molar-refractivity contribution in [3.05, 3.63) is 42.5 Å².